The van der Waals surface area contributed by atoms with Crippen LogP contribution in [0.15, 0.2) is 42.5 Å². The number of nitrogens with zero attached hydrogens (tertiary/aromatic N) is 1. The van der Waals surface area contributed by atoms with Crippen LogP contribution < -0.4 is 0 Å². The summed E-state index contributed by atoms with van der Waals surface area (Å²) in [5.74, 6) is -0.470. The van der Waals surface area contributed by atoms with Crippen molar-refractivity contribution in [2.24, 2.45) is 5.92 Å². The highest BCUT2D eigenvalue weighted by atomic mass is 16.5. The van der Waals surface area contributed by atoms with Gasteiger partial charge >= 0.3 is 0 Å². The second kappa shape index (κ2) is 5.58. The lowest BCUT2D eigenvalue weighted by atomic mass is 9.99. The van der Waals surface area contributed by atoms with E-state index in [2.05, 4.69) is 36.4 Å². The molecule has 0 saturated heterocycles. The average Bonchev–Trinajstić information content (AvgIpc) is 2.90. The molecular formula is C19H21NO2. The molecule has 1 unspecified atom stereocenters. The molecule has 1 aliphatic rings. The zero-order valence-corrected chi connectivity index (χ0v) is 13.2. The van der Waals surface area contributed by atoms with Crippen molar-refractivity contribution in [2.45, 2.75) is 33.2 Å². The van der Waals surface area contributed by atoms with Gasteiger partial charge in [-0.25, -0.2) is 5.06 Å². The molecule has 0 aromatic heterocycles. The van der Waals surface area contributed by atoms with Gasteiger partial charge in [-0.2, -0.15) is 0 Å². The molecule has 1 N–H and O–H groups in total. The lowest BCUT2D eigenvalue weighted by Gasteiger charge is -2.25. The highest BCUT2D eigenvalue weighted by molar-refractivity contribution is 5.78. The van der Waals surface area contributed by atoms with Gasteiger partial charge in [-0.05, 0) is 41.2 Å². The average molecular weight is 295 g/mol. The summed E-state index contributed by atoms with van der Waals surface area (Å²) < 4.78 is 0. The summed E-state index contributed by atoms with van der Waals surface area (Å²) >= 11 is 0. The smallest absolute Gasteiger partial charge is 0.249 e. The van der Waals surface area contributed by atoms with Gasteiger partial charge in [0.05, 0.1) is 6.04 Å². The molecule has 3 nitrogen and oxygen atoms in total. The molecule has 0 spiro atoms. The monoisotopic (exact) mass is 295 g/mol. The first-order chi connectivity index (χ1) is 10.5. The maximum Gasteiger partial charge on any atom is 0.249 e. The van der Waals surface area contributed by atoms with Crippen LogP contribution in [0.1, 0.15) is 43.5 Å². The topological polar surface area (TPSA) is 40.5 Å². The molecule has 2 aromatic rings. The Kier molecular flexibility index (Phi) is 3.75. The Morgan fingerprint density at radius 3 is 2.45 bits per heavy atom. The van der Waals surface area contributed by atoms with Crippen molar-refractivity contribution in [3.8, 4) is 11.1 Å². The van der Waals surface area contributed by atoms with E-state index in [1.54, 1.807) is 13.8 Å². The molecule has 1 amide bonds. The first kappa shape index (κ1) is 14.8. The van der Waals surface area contributed by atoms with Crippen LogP contribution in [-0.4, -0.2) is 16.2 Å². The molecule has 0 radical (unpaired) electrons. The third kappa shape index (κ3) is 2.42. The van der Waals surface area contributed by atoms with E-state index in [0.29, 0.717) is 0 Å². The van der Waals surface area contributed by atoms with Gasteiger partial charge in [0.2, 0.25) is 5.91 Å². The number of benzene rings is 2. The van der Waals surface area contributed by atoms with Crippen molar-refractivity contribution >= 4 is 5.91 Å². The first-order valence-electron chi connectivity index (χ1n) is 7.72. The third-order valence-corrected chi connectivity index (χ3v) is 4.39. The number of amides is 1. The molecule has 1 atom stereocenters. The zero-order chi connectivity index (χ0) is 15.9. The second-order valence-corrected chi connectivity index (χ2v) is 6.26. The van der Waals surface area contributed by atoms with Gasteiger partial charge in [0, 0.05) is 5.92 Å². The van der Waals surface area contributed by atoms with Gasteiger partial charge in [0.1, 0.15) is 0 Å². The van der Waals surface area contributed by atoms with E-state index in [0.717, 1.165) is 17.0 Å². The van der Waals surface area contributed by atoms with Crippen LogP contribution in [0.4, 0.5) is 0 Å². The van der Waals surface area contributed by atoms with Crippen LogP contribution >= 0.6 is 0 Å². The van der Waals surface area contributed by atoms with Gasteiger partial charge in [0.15, 0.2) is 0 Å². The van der Waals surface area contributed by atoms with Crippen molar-refractivity contribution in [3.63, 3.8) is 0 Å². The molecule has 0 saturated carbocycles. The minimum Gasteiger partial charge on any atom is -0.285 e. The summed E-state index contributed by atoms with van der Waals surface area (Å²) in [6.07, 6.45) is 0.912. The molecule has 0 bridgehead atoms. The number of hydroxylamine groups is 2. The highest BCUT2D eigenvalue weighted by Crippen LogP contribution is 2.38. The summed E-state index contributed by atoms with van der Waals surface area (Å²) in [7, 11) is 0. The molecule has 0 aliphatic heterocycles. The van der Waals surface area contributed by atoms with E-state index in [9.17, 15) is 10.0 Å². The van der Waals surface area contributed by atoms with E-state index >= 15 is 0 Å². The van der Waals surface area contributed by atoms with Crippen LogP contribution in [-0.2, 0) is 11.2 Å². The number of rotatable bonds is 3. The molecule has 1 aliphatic carbocycles. The van der Waals surface area contributed by atoms with E-state index in [4.69, 9.17) is 0 Å². The number of fused-ring (bicyclic) bond motifs is 3. The molecular weight excluding hydrogens is 274 g/mol. The predicted octanol–water partition coefficient (Wildman–Crippen LogP) is 4.19. The minimum absolute atomic E-state index is 0.217. The second-order valence-electron chi connectivity index (χ2n) is 6.26. The lowest BCUT2D eigenvalue weighted by molar-refractivity contribution is -0.178. The van der Waals surface area contributed by atoms with Gasteiger partial charge in [0.25, 0.3) is 0 Å². The van der Waals surface area contributed by atoms with E-state index in [-0.39, 0.29) is 17.9 Å². The van der Waals surface area contributed by atoms with Gasteiger partial charge in [-0.15, -0.1) is 0 Å². The number of hydrogen-bond donors (Lipinski definition) is 1. The minimum atomic E-state index is -0.344. The predicted molar refractivity (Wildman–Crippen MR) is 86.6 cm³/mol. The normalized spacial score (nSPS) is 13.7. The summed E-state index contributed by atoms with van der Waals surface area (Å²) in [6.45, 7) is 5.43. The molecule has 22 heavy (non-hydrogen) atoms. The number of carbonyl (C=O) groups excluding carboxylic acids is 1. The Hall–Kier alpha value is -2.13. The molecule has 0 heterocycles. The van der Waals surface area contributed by atoms with E-state index in [1.165, 1.54) is 22.3 Å². The van der Waals surface area contributed by atoms with Crippen LogP contribution in [0.3, 0.4) is 0 Å². The first-order valence-corrected chi connectivity index (χ1v) is 7.72. The Balaban J connectivity index is 1.90. The Morgan fingerprint density at radius 1 is 1.05 bits per heavy atom. The molecule has 0 fully saturated rings. The van der Waals surface area contributed by atoms with E-state index < -0.39 is 0 Å². The van der Waals surface area contributed by atoms with Crippen LogP contribution in [0.2, 0.25) is 0 Å². The Bertz CT molecular complexity index is 721. The SMILES string of the molecule is CC(C)C(=O)N(O)C(C)c1ccc2c(c1)Cc1ccccc1-2. The third-order valence-electron chi connectivity index (χ3n) is 4.39. The molecule has 3 rings (SSSR count). The molecule has 3 heteroatoms. The van der Waals surface area contributed by atoms with Crippen LogP contribution in [0, 0.1) is 5.92 Å². The quantitative estimate of drug-likeness (QED) is 0.581. The van der Waals surface area contributed by atoms with Crippen molar-refractivity contribution in [1.29, 1.82) is 0 Å². The van der Waals surface area contributed by atoms with Crippen LogP contribution in [0.25, 0.3) is 11.1 Å². The largest absolute Gasteiger partial charge is 0.285 e. The van der Waals surface area contributed by atoms with Crippen LogP contribution in [0.5, 0.6) is 0 Å². The Labute approximate surface area is 131 Å². The van der Waals surface area contributed by atoms with Crippen molar-refractivity contribution in [3.05, 3.63) is 59.2 Å². The maximum atomic E-state index is 11.9. The standard InChI is InChI=1S/C19H21NO2/c1-12(2)19(21)20(22)13(3)14-8-9-18-16(10-14)11-15-6-4-5-7-17(15)18/h4-10,12-13,22H,11H2,1-3H3. The number of hydrogen-bond acceptors (Lipinski definition) is 2. The lowest BCUT2D eigenvalue weighted by Crippen LogP contribution is -2.33. The maximum absolute atomic E-state index is 11.9. The summed E-state index contributed by atoms with van der Waals surface area (Å²) in [5, 5.41) is 11.0. The fourth-order valence-electron chi connectivity index (χ4n) is 3.02. The molecule has 114 valence electrons. The van der Waals surface area contributed by atoms with Gasteiger partial charge in [-0.3, -0.25) is 10.0 Å². The summed E-state index contributed by atoms with van der Waals surface area (Å²) in [5.41, 5.74) is 6.10. The summed E-state index contributed by atoms with van der Waals surface area (Å²) in [4.78, 5) is 11.9. The highest BCUT2D eigenvalue weighted by Gasteiger charge is 2.24. The van der Waals surface area contributed by atoms with Crippen molar-refractivity contribution < 1.29 is 10.0 Å². The summed E-state index contributed by atoms with van der Waals surface area (Å²) in [6, 6.07) is 14.3. The van der Waals surface area contributed by atoms with Gasteiger partial charge in [-0.1, -0.05) is 56.3 Å². The van der Waals surface area contributed by atoms with Gasteiger partial charge < -0.3 is 0 Å². The van der Waals surface area contributed by atoms with E-state index in [1.807, 2.05) is 13.0 Å². The Morgan fingerprint density at radius 2 is 1.73 bits per heavy atom. The molecule has 2 aromatic carbocycles. The fraction of sp³-hybridized carbons (Fsp3) is 0.316. The fourth-order valence-corrected chi connectivity index (χ4v) is 3.02. The van der Waals surface area contributed by atoms with Crippen molar-refractivity contribution in [2.75, 3.05) is 0 Å². The van der Waals surface area contributed by atoms with Crippen molar-refractivity contribution in [1.82, 2.24) is 5.06 Å². The zero-order valence-electron chi connectivity index (χ0n) is 13.2. The number of carbonyl (C=O) groups is 1.